The van der Waals surface area contributed by atoms with Gasteiger partial charge in [-0.1, -0.05) is 49.4 Å². The van der Waals surface area contributed by atoms with Gasteiger partial charge in [-0.05, 0) is 59.9 Å². The van der Waals surface area contributed by atoms with Crippen molar-refractivity contribution in [2.24, 2.45) is 5.92 Å². The molecule has 37 heavy (non-hydrogen) atoms. The van der Waals surface area contributed by atoms with E-state index in [1.54, 1.807) is 6.20 Å². The Morgan fingerprint density at radius 3 is 2.73 bits per heavy atom. The van der Waals surface area contributed by atoms with Crippen molar-refractivity contribution in [2.75, 3.05) is 18.8 Å². The first-order chi connectivity index (χ1) is 18.2. The molecule has 4 aromatic rings. The summed E-state index contributed by atoms with van der Waals surface area (Å²) in [4.78, 5) is 14.4. The quantitative estimate of drug-likeness (QED) is 0.341. The number of benzene rings is 1. The van der Waals surface area contributed by atoms with E-state index in [-0.39, 0.29) is 0 Å². The zero-order valence-electron chi connectivity index (χ0n) is 20.9. The van der Waals surface area contributed by atoms with Gasteiger partial charge in [-0.15, -0.1) is 0 Å². The number of nitrogens with two attached hydrogens (primary N) is 1. The minimum absolute atomic E-state index is 0.347. The predicted octanol–water partition coefficient (Wildman–Crippen LogP) is 4.66. The summed E-state index contributed by atoms with van der Waals surface area (Å²) < 4.78 is 2.09. The van der Waals surface area contributed by atoms with Crippen LogP contribution < -0.4 is 16.4 Å². The van der Waals surface area contributed by atoms with E-state index in [0.29, 0.717) is 17.8 Å². The van der Waals surface area contributed by atoms with Gasteiger partial charge < -0.3 is 16.4 Å². The van der Waals surface area contributed by atoms with E-state index < -0.39 is 0 Å². The predicted molar refractivity (Wildman–Crippen MR) is 150 cm³/mol. The largest absolute Gasteiger partial charge is 0.383 e. The zero-order valence-corrected chi connectivity index (χ0v) is 20.9. The first-order valence-electron chi connectivity index (χ1n) is 12.8. The van der Waals surface area contributed by atoms with Crippen LogP contribution in [0.3, 0.4) is 0 Å². The minimum Gasteiger partial charge on any atom is -0.383 e. The average molecular weight is 490 g/mol. The van der Waals surface area contributed by atoms with Crippen molar-refractivity contribution in [1.82, 2.24) is 30.2 Å². The van der Waals surface area contributed by atoms with Gasteiger partial charge in [-0.25, -0.2) is 15.0 Å². The molecule has 0 saturated carbocycles. The Labute approximate surface area is 216 Å². The molecule has 186 valence electrons. The number of pyridine rings is 2. The molecule has 7 heteroatoms. The summed E-state index contributed by atoms with van der Waals surface area (Å²) in [5, 5.41) is 6.98. The minimum atomic E-state index is 0.347. The zero-order chi connectivity index (χ0) is 25.2. The molecule has 0 spiro atoms. The van der Waals surface area contributed by atoms with Crippen LogP contribution in [0.25, 0.3) is 33.8 Å². The van der Waals surface area contributed by atoms with Crippen LogP contribution >= 0.6 is 0 Å². The summed E-state index contributed by atoms with van der Waals surface area (Å²) in [6.07, 6.45) is 13.8. The number of allylic oxidation sites excluding steroid dienone is 4. The lowest BCUT2D eigenvalue weighted by Crippen LogP contribution is -2.39. The molecule has 1 aliphatic heterocycles. The smallest absolute Gasteiger partial charge is 0.165 e. The summed E-state index contributed by atoms with van der Waals surface area (Å²) in [5.41, 5.74) is 13.0. The third kappa shape index (κ3) is 4.83. The highest BCUT2D eigenvalue weighted by molar-refractivity contribution is 5.85. The van der Waals surface area contributed by atoms with Crippen LogP contribution in [0.4, 0.5) is 5.82 Å². The van der Waals surface area contributed by atoms with Crippen LogP contribution in [0.15, 0.2) is 85.1 Å². The number of nitrogens with one attached hydrogen (secondary N) is 2. The van der Waals surface area contributed by atoms with Crippen LogP contribution in [0.2, 0.25) is 0 Å². The van der Waals surface area contributed by atoms with Crippen LogP contribution in [0, 0.1) is 5.92 Å². The molecule has 4 N–H and O–H groups in total. The molecule has 0 saturated heterocycles. The van der Waals surface area contributed by atoms with Gasteiger partial charge in [0.25, 0.3) is 0 Å². The second kappa shape index (κ2) is 10.1. The molecule has 2 unspecified atom stereocenters. The fraction of sp³-hybridized carbons (Fsp3) is 0.233. The van der Waals surface area contributed by atoms with E-state index in [0.717, 1.165) is 65.6 Å². The van der Waals surface area contributed by atoms with E-state index in [2.05, 4.69) is 81.8 Å². The lowest BCUT2D eigenvalue weighted by molar-refractivity contribution is 0.535. The van der Waals surface area contributed by atoms with Crippen LogP contribution in [-0.2, 0) is 6.54 Å². The molecule has 3 aromatic heterocycles. The molecular formula is C30H31N7. The maximum atomic E-state index is 6.29. The first-order valence-corrected chi connectivity index (χ1v) is 12.8. The molecule has 6 rings (SSSR count). The molecule has 0 fully saturated rings. The van der Waals surface area contributed by atoms with E-state index in [1.807, 2.05) is 24.3 Å². The van der Waals surface area contributed by atoms with Gasteiger partial charge in [0.15, 0.2) is 11.5 Å². The molecule has 0 bridgehead atoms. The van der Waals surface area contributed by atoms with Gasteiger partial charge >= 0.3 is 0 Å². The van der Waals surface area contributed by atoms with Gasteiger partial charge in [-0.3, -0.25) is 4.57 Å². The molecular weight excluding hydrogens is 458 g/mol. The summed E-state index contributed by atoms with van der Waals surface area (Å²) in [6.45, 7) is 4.91. The number of rotatable bonds is 6. The van der Waals surface area contributed by atoms with Crippen molar-refractivity contribution in [3.8, 4) is 17.1 Å². The Balaban J connectivity index is 1.40. The number of hydrogen-bond acceptors (Lipinski definition) is 6. The number of nitrogens with zero attached hydrogens (tertiary/aromatic N) is 4. The van der Waals surface area contributed by atoms with Gasteiger partial charge in [0, 0.05) is 37.6 Å². The Kier molecular flexibility index (Phi) is 6.39. The van der Waals surface area contributed by atoms with Gasteiger partial charge in [0.2, 0.25) is 0 Å². The summed E-state index contributed by atoms with van der Waals surface area (Å²) in [5.74, 6) is 1.73. The SMILES string of the molecule is CC1C=CC(c2ccc3nc(-c4cccnc4N)n(-c4ccc(CNC5C=CCNC5)cc4)c3n2)=CC1. The lowest BCUT2D eigenvalue weighted by atomic mass is 9.97. The van der Waals surface area contributed by atoms with Gasteiger partial charge in [-0.2, -0.15) is 0 Å². The highest BCUT2D eigenvalue weighted by atomic mass is 15.1. The molecule has 7 nitrogen and oxygen atoms in total. The third-order valence-electron chi connectivity index (χ3n) is 6.95. The number of anilines is 1. The van der Waals surface area contributed by atoms with Crippen LogP contribution in [0.5, 0.6) is 0 Å². The molecule has 1 aliphatic carbocycles. The lowest BCUT2D eigenvalue weighted by Gasteiger charge is -2.19. The van der Waals surface area contributed by atoms with Crippen molar-refractivity contribution in [1.29, 1.82) is 0 Å². The van der Waals surface area contributed by atoms with Crippen molar-refractivity contribution in [3.63, 3.8) is 0 Å². The standard InChI is InChI=1S/C30H31N7/c1-20-6-10-22(11-7-20)26-14-15-27-30(35-26)37(29(36-27)25-5-3-17-33-28(25)31)24-12-8-21(9-13-24)18-34-23-4-2-16-32-19-23/h2-6,8-15,17,20,23,32,34H,7,16,18-19H2,1H3,(H2,31,33). The summed E-state index contributed by atoms with van der Waals surface area (Å²) in [6, 6.07) is 16.8. The van der Waals surface area contributed by atoms with Crippen LogP contribution in [-0.4, -0.2) is 38.7 Å². The second-order valence-electron chi connectivity index (χ2n) is 9.72. The van der Waals surface area contributed by atoms with E-state index >= 15 is 0 Å². The molecule has 0 amide bonds. The topological polar surface area (TPSA) is 93.7 Å². The number of nitrogen functional groups attached to an aromatic ring is 1. The maximum Gasteiger partial charge on any atom is 0.165 e. The fourth-order valence-electron chi connectivity index (χ4n) is 4.84. The van der Waals surface area contributed by atoms with Gasteiger partial charge in [0.05, 0.1) is 11.3 Å². The highest BCUT2D eigenvalue weighted by Gasteiger charge is 2.19. The first kappa shape index (κ1) is 23.3. The Morgan fingerprint density at radius 1 is 1.08 bits per heavy atom. The third-order valence-corrected chi connectivity index (χ3v) is 6.95. The number of imidazole rings is 1. The normalized spacial score (nSPS) is 19.3. The molecule has 1 aromatic carbocycles. The summed E-state index contributed by atoms with van der Waals surface area (Å²) in [7, 11) is 0. The van der Waals surface area contributed by atoms with Gasteiger partial charge in [0.1, 0.15) is 11.3 Å². The molecule has 0 radical (unpaired) electrons. The number of fused-ring (bicyclic) bond motifs is 1. The maximum absolute atomic E-state index is 6.29. The fourth-order valence-corrected chi connectivity index (χ4v) is 4.84. The molecule has 2 aliphatic rings. The van der Waals surface area contributed by atoms with Crippen LogP contribution in [0.1, 0.15) is 24.6 Å². The average Bonchev–Trinajstić information content (AvgIpc) is 3.32. The Bertz CT molecular complexity index is 1510. The Hall–Kier alpha value is -4.07. The van der Waals surface area contributed by atoms with E-state index in [9.17, 15) is 0 Å². The highest BCUT2D eigenvalue weighted by Crippen LogP contribution is 2.32. The monoisotopic (exact) mass is 489 g/mol. The van der Waals surface area contributed by atoms with E-state index in [1.165, 1.54) is 5.56 Å². The van der Waals surface area contributed by atoms with E-state index in [4.69, 9.17) is 15.7 Å². The van der Waals surface area contributed by atoms with Crippen molar-refractivity contribution >= 4 is 22.6 Å². The van der Waals surface area contributed by atoms with Crippen molar-refractivity contribution in [2.45, 2.75) is 25.9 Å². The summed E-state index contributed by atoms with van der Waals surface area (Å²) >= 11 is 0. The molecule has 4 heterocycles. The van der Waals surface area contributed by atoms with Crippen molar-refractivity contribution in [3.05, 3.63) is 96.4 Å². The second-order valence-corrected chi connectivity index (χ2v) is 9.72. The number of aromatic nitrogens is 4. The van der Waals surface area contributed by atoms with Crippen molar-refractivity contribution < 1.29 is 0 Å². The molecule has 2 atom stereocenters. The number of hydrogen-bond donors (Lipinski definition) is 3. The Morgan fingerprint density at radius 2 is 1.97 bits per heavy atom.